The normalized spacial score (nSPS) is 32.7. The molecule has 0 bridgehead atoms. The Morgan fingerprint density at radius 2 is 1.85 bits per heavy atom. The lowest BCUT2D eigenvalue weighted by molar-refractivity contribution is -0.281. The molecule has 5 N–H and O–H groups in total. The summed E-state index contributed by atoms with van der Waals surface area (Å²) in [5.74, 6) is 0.276. The molecule has 1 fully saturated rings. The molecular formula is C16H31O9P. The zero-order chi connectivity index (χ0) is 19.9. The number of ether oxygens (including phenoxy) is 1. The summed E-state index contributed by atoms with van der Waals surface area (Å²) in [6, 6.07) is 0. The average molecular weight is 398 g/mol. The zero-order valence-electron chi connectivity index (χ0n) is 15.4. The van der Waals surface area contributed by atoms with Crippen LogP contribution in [0.5, 0.6) is 0 Å². The Balaban J connectivity index is 2.45. The van der Waals surface area contributed by atoms with Gasteiger partial charge in [-0.15, -0.1) is 0 Å². The summed E-state index contributed by atoms with van der Waals surface area (Å²) in [4.78, 5) is 9.76. The van der Waals surface area contributed by atoms with E-state index in [-0.39, 0.29) is 12.5 Å². The van der Waals surface area contributed by atoms with Crippen LogP contribution in [0.1, 0.15) is 40.0 Å². The molecule has 0 amide bonds. The lowest BCUT2D eigenvalue weighted by Gasteiger charge is -2.39. The van der Waals surface area contributed by atoms with Crippen LogP contribution in [0.2, 0.25) is 0 Å². The number of hydrogen-bond acceptors (Lipinski definition) is 8. The summed E-state index contributed by atoms with van der Waals surface area (Å²) in [7, 11) is -4.55. The first kappa shape index (κ1) is 23.7. The third kappa shape index (κ3) is 7.72. The smallest absolute Gasteiger partial charge is 0.394 e. The van der Waals surface area contributed by atoms with Crippen molar-refractivity contribution in [3.63, 3.8) is 0 Å². The van der Waals surface area contributed by atoms with Gasteiger partial charge in [0.25, 0.3) is 0 Å². The highest BCUT2D eigenvalue weighted by molar-refractivity contribution is 7.47. The minimum Gasteiger partial charge on any atom is -0.394 e. The fourth-order valence-electron chi connectivity index (χ4n) is 2.49. The van der Waals surface area contributed by atoms with Crippen LogP contribution < -0.4 is 0 Å². The summed E-state index contributed by atoms with van der Waals surface area (Å²) in [6.07, 6.45) is -3.48. The predicted octanol–water partition coefficient (Wildman–Crippen LogP) is 0.692. The zero-order valence-corrected chi connectivity index (χ0v) is 16.3. The van der Waals surface area contributed by atoms with Gasteiger partial charge in [0.15, 0.2) is 6.29 Å². The standard InChI is InChI=1S/C16H31O9P/c1-10(2)5-4-6-11(3)7-8-23-26(21,22)25-16-15(20)14(19)13(18)12(9-17)24-16/h5,11-20H,4,6-9H2,1-3H3,(H,21,22)/t11?,12-,13-,14+,15+,16-/m1/s1. The lowest BCUT2D eigenvalue weighted by atomic mass is 10.00. The third-order valence-electron chi connectivity index (χ3n) is 4.16. The number of allylic oxidation sites excluding steroid dienone is 2. The van der Waals surface area contributed by atoms with Crippen molar-refractivity contribution in [1.82, 2.24) is 0 Å². The van der Waals surface area contributed by atoms with Crippen molar-refractivity contribution in [3.05, 3.63) is 11.6 Å². The summed E-state index contributed by atoms with van der Waals surface area (Å²) in [6.45, 7) is 5.35. The molecular weight excluding hydrogens is 367 g/mol. The molecule has 2 unspecified atom stereocenters. The molecule has 9 nitrogen and oxygen atoms in total. The van der Waals surface area contributed by atoms with Crippen LogP contribution in [-0.4, -0.2) is 69.2 Å². The van der Waals surface area contributed by atoms with E-state index < -0.39 is 45.1 Å². The monoisotopic (exact) mass is 398 g/mol. The fourth-order valence-corrected chi connectivity index (χ4v) is 3.32. The molecule has 1 aliphatic heterocycles. The first-order chi connectivity index (χ1) is 12.1. The van der Waals surface area contributed by atoms with Gasteiger partial charge in [0.05, 0.1) is 13.2 Å². The van der Waals surface area contributed by atoms with Crippen molar-refractivity contribution >= 4 is 7.82 Å². The molecule has 1 saturated heterocycles. The van der Waals surface area contributed by atoms with Crippen LogP contribution >= 0.6 is 7.82 Å². The molecule has 0 aromatic heterocycles. The summed E-state index contributed by atoms with van der Waals surface area (Å²) in [5, 5.41) is 38.2. The van der Waals surface area contributed by atoms with Gasteiger partial charge in [-0.25, -0.2) is 4.57 Å². The van der Waals surface area contributed by atoms with E-state index in [2.05, 4.69) is 6.08 Å². The molecule has 26 heavy (non-hydrogen) atoms. The molecule has 10 heteroatoms. The largest absolute Gasteiger partial charge is 0.474 e. The van der Waals surface area contributed by atoms with E-state index in [0.29, 0.717) is 6.42 Å². The van der Waals surface area contributed by atoms with E-state index in [1.165, 1.54) is 5.57 Å². The minimum absolute atomic E-state index is 0.0266. The lowest BCUT2D eigenvalue weighted by Crippen LogP contribution is -2.58. The maximum atomic E-state index is 12.0. The quantitative estimate of drug-likeness (QED) is 0.265. The predicted molar refractivity (Wildman–Crippen MR) is 93.1 cm³/mol. The Morgan fingerprint density at radius 3 is 2.42 bits per heavy atom. The third-order valence-corrected chi connectivity index (χ3v) is 5.15. The number of phosphoric acid groups is 1. The molecule has 1 aliphatic rings. The number of hydrogen-bond donors (Lipinski definition) is 5. The van der Waals surface area contributed by atoms with Gasteiger partial charge in [0.1, 0.15) is 24.4 Å². The molecule has 154 valence electrons. The van der Waals surface area contributed by atoms with Crippen molar-refractivity contribution in [3.8, 4) is 0 Å². The van der Waals surface area contributed by atoms with E-state index in [4.69, 9.17) is 18.9 Å². The van der Waals surface area contributed by atoms with Crippen molar-refractivity contribution < 1.29 is 43.7 Å². The van der Waals surface area contributed by atoms with Gasteiger partial charge < -0.3 is 30.1 Å². The van der Waals surface area contributed by atoms with Gasteiger partial charge in [-0.1, -0.05) is 18.6 Å². The molecule has 1 heterocycles. The number of phosphoric ester groups is 1. The Morgan fingerprint density at radius 1 is 1.19 bits per heavy atom. The van der Waals surface area contributed by atoms with Gasteiger partial charge in [-0.3, -0.25) is 9.05 Å². The van der Waals surface area contributed by atoms with E-state index in [1.807, 2.05) is 20.8 Å². The van der Waals surface area contributed by atoms with Gasteiger partial charge in [0.2, 0.25) is 0 Å². The van der Waals surface area contributed by atoms with Gasteiger partial charge in [-0.05, 0) is 39.0 Å². The second-order valence-corrected chi connectivity index (χ2v) is 8.26. The van der Waals surface area contributed by atoms with E-state index in [0.717, 1.165) is 12.8 Å². The Kier molecular flexibility index (Phi) is 9.88. The molecule has 0 aromatic carbocycles. The molecule has 0 aromatic rings. The van der Waals surface area contributed by atoms with Crippen molar-refractivity contribution in [2.24, 2.45) is 5.92 Å². The second-order valence-electron chi connectivity index (χ2n) is 6.86. The number of aliphatic hydroxyl groups excluding tert-OH is 4. The first-order valence-corrected chi connectivity index (χ1v) is 10.2. The summed E-state index contributed by atoms with van der Waals surface area (Å²) < 4.78 is 26.7. The van der Waals surface area contributed by atoms with E-state index in [1.54, 1.807) is 0 Å². The fraction of sp³-hybridized carbons (Fsp3) is 0.875. The highest BCUT2D eigenvalue weighted by Crippen LogP contribution is 2.46. The van der Waals surface area contributed by atoms with Crippen molar-refractivity contribution in [1.29, 1.82) is 0 Å². The number of aliphatic hydroxyl groups is 4. The molecule has 7 atom stereocenters. The Hall–Kier alpha value is -0.350. The van der Waals surface area contributed by atoms with E-state index >= 15 is 0 Å². The van der Waals surface area contributed by atoms with Gasteiger partial charge in [-0.2, -0.15) is 0 Å². The Labute approximate surface area is 153 Å². The van der Waals surface area contributed by atoms with Crippen LogP contribution in [0.15, 0.2) is 11.6 Å². The highest BCUT2D eigenvalue weighted by atomic mass is 31.2. The minimum atomic E-state index is -4.55. The van der Waals surface area contributed by atoms with Crippen LogP contribution in [0.3, 0.4) is 0 Å². The SMILES string of the molecule is CC(C)=CCCC(C)CCOP(=O)(O)O[C@H]1O[C@H](CO)[C@@H](O)[C@H](O)[C@@H]1O. The molecule has 0 spiro atoms. The Bertz CT molecular complexity index is 492. The first-order valence-electron chi connectivity index (χ1n) is 8.67. The molecule has 0 aliphatic carbocycles. The van der Waals surface area contributed by atoms with Crippen LogP contribution in [-0.2, 0) is 18.3 Å². The topological polar surface area (TPSA) is 146 Å². The highest BCUT2D eigenvalue weighted by Gasteiger charge is 2.46. The van der Waals surface area contributed by atoms with Gasteiger partial charge >= 0.3 is 7.82 Å². The number of rotatable bonds is 10. The molecule has 1 rings (SSSR count). The molecule has 0 saturated carbocycles. The van der Waals surface area contributed by atoms with Gasteiger partial charge in [0, 0.05) is 0 Å². The van der Waals surface area contributed by atoms with Crippen molar-refractivity contribution in [2.45, 2.75) is 70.7 Å². The van der Waals surface area contributed by atoms with Crippen LogP contribution in [0, 0.1) is 5.92 Å². The van der Waals surface area contributed by atoms with Crippen molar-refractivity contribution in [2.75, 3.05) is 13.2 Å². The van der Waals surface area contributed by atoms with Crippen LogP contribution in [0.4, 0.5) is 0 Å². The summed E-state index contributed by atoms with van der Waals surface area (Å²) >= 11 is 0. The second kappa shape index (κ2) is 10.8. The maximum Gasteiger partial charge on any atom is 0.474 e. The molecule has 0 radical (unpaired) electrons. The van der Waals surface area contributed by atoms with Crippen LogP contribution in [0.25, 0.3) is 0 Å². The average Bonchev–Trinajstić information content (AvgIpc) is 2.54. The van der Waals surface area contributed by atoms with E-state index in [9.17, 15) is 24.8 Å². The maximum absolute atomic E-state index is 12.0. The summed E-state index contributed by atoms with van der Waals surface area (Å²) in [5.41, 5.74) is 1.24.